The summed E-state index contributed by atoms with van der Waals surface area (Å²) >= 11 is 0. The van der Waals surface area contributed by atoms with Crippen molar-refractivity contribution in [1.29, 1.82) is 0 Å². The lowest BCUT2D eigenvalue weighted by molar-refractivity contribution is 0.0734. The number of nitrogens with two attached hydrogens (primary N) is 1. The molecular weight excluding hydrogens is 223 g/mol. The van der Waals surface area contributed by atoms with E-state index in [4.69, 9.17) is 10.8 Å². The Morgan fingerprint density at radius 3 is 2.76 bits per heavy atom. The lowest BCUT2D eigenvalue weighted by Gasteiger charge is -2.24. The van der Waals surface area contributed by atoms with Gasteiger partial charge < -0.3 is 15.7 Å². The summed E-state index contributed by atoms with van der Waals surface area (Å²) in [6.45, 7) is 2.32. The van der Waals surface area contributed by atoms with Gasteiger partial charge in [-0.15, -0.1) is 0 Å². The molecule has 0 aliphatic heterocycles. The second-order valence-corrected chi connectivity index (χ2v) is 4.01. The molecule has 17 heavy (non-hydrogen) atoms. The topological polar surface area (TPSA) is 66.6 Å². The number of benzene rings is 1. The van der Waals surface area contributed by atoms with Crippen LogP contribution in [-0.4, -0.2) is 35.5 Å². The summed E-state index contributed by atoms with van der Waals surface area (Å²) in [6.07, 6.45) is 0.655. The van der Waals surface area contributed by atoms with Gasteiger partial charge in [0.05, 0.1) is 5.56 Å². The summed E-state index contributed by atoms with van der Waals surface area (Å²) in [4.78, 5) is 13.4. The zero-order chi connectivity index (χ0) is 13.0. The Labute approximate surface area is 99.8 Å². The zero-order valence-electron chi connectivity index (χ0n) is 9.98. The molecule has 0 radical (unpaired) electrons. The van der Waals surface area contributed by atoms with Gasteiger partial charge in [0, 0.05) is 19.2 Å². The van der Waals surface area contributed by atoms with Gasteiger partial charge in [-0.3, -0.25) is 4.79 Å². The number of carbonyl (C=O) groups excluding carboxylic acids is 1. The van der Waals surface area contributed by atoms with Crippen LogP contribution in [-0.2, 0) is 0 Å². The first kappa shape index (κ1) is 13.4. The van der Waals surface area contributed by atoms with E-state index in [1.165, 1.54) is 17.0 Å². The van der Waals surface area contributed by atoms with E-state index in [1.807, 2.05) is 6.92 Å². The number of phenols is 1. The van der Waals surface area contributed by atoms with Crippen molar-refractivity contribution in [3.8, 4) is 5.75 Å². The molecule has 4 nitrogen and oxygen atoms in total. The number of aromatic hydroxyl groups is 1. The minimum atomic E-state index is -0.721. The molecule has 1 amide bonds. The fourth-order valence-electron chi connectivity index (χ4n) is 1.50. The molecule has 3 N–H and O–H groups in total. The van der Waals surface area contributed by atoms with Crippen molar-refractivity contribution in [2.75, 3.05) is 13.6 Å². The second-order valence-electron chi connectivity index (χ2n) is 4.01. The average Bonchev–Trinajstić information content (AvgIpc) is 2.27. The van der Waals surface area contributed by atoms with Crippen LogP contribution in [0.2, 0.25) is 0 Å². The van der Waals surface area contributed by atoms with Gasteiger partial charge in [0.2, 0.25) is 0 Å². The maximum Gasteiger partial charge on any atom is 0.256 e. The summed E-state index contributed by atoms with van der Waals surface area (Å²) in [6, 6.07) is 3.44. The Balaban J connectivity index is 2.88. The van der Waals surface area contributed by atoms with Gasteiger partial charge in [0.15, 0.2) is 0 Å². The Kier molecular flexibility index (Phi) is 4.45. The third-order valence-electron chi connectivity index (χ3n) is 2.75. The molecule has 0 aliphatic carbocycles. The maximum absolute atomic E-state index is 13.5. The highest BCUT2D eigenvalue weighted by molar-refractivity contribution is 5.94. The monoisotopic (exact) mass is 240 g/mol. The molecule has 0 spiro atoms. The summed E-state index contributed by atoms with van der Waals surface area (Å²) in [7, 11) is 1.61. The molecule has 5 heteroatoms. The third kappa shape index (κ3) is 3.17. The fraction of sp³-hybridized carbons (Fsp3) is 0.417. The van der Waals surface area contributed by atoms with Crippen molar-refractivity contribution in [2.24, 2.45) is 5.73 Å². The molecule has 0 aromatic heterocycles. The van der Waals surface area contributed by atoms with Gasteiger partial charge in [-0.1, -0.05) is 0 Å². The lowest BCUT2D eigenvalue weighted by atomic mass is 10.1. The Bertz CT molecular complexity index is 409. The highest BCUT2D eigenvalue weighted by atomic mass is 19.1. The number of hydrogen-bond donors (Lipinski definition) is 2. The fourth-order valence-corrected chi connectivity index (χ4v) is 1.50. The van der Waals surface area contributed by atoms with Crippen LogP contribution in [0, 0.1) is 5.82 Å². The molecule has 0 saturated heterocycles. The van der Waals surface area contributed by atoms with Crippen LogP contribution in [0.5, 0.6) is 5.75 Å². The Morgan fingerprint density at radius 1 is 1.59 bits per heavy atom. The summed E-state index contributed by atoms with van der Waals surface area (Å²) in [5, 5.41) is 9.07. The van der Waals surface area contributed by atoms with Gasteiger partial charge in [-0.25, -0.2) is 4.39 Å². The molecule has 0 saturated carbocycles. The summed E-state index contributed by atoms with van der Waals surface area (Å²) < 4.78 is 13.5. The number of halogens is 1. The number of rotatable bonds is 4. The highest BCUT2D eigenvalue weighted by Crippen LogP contribution is 2.17. The van der Waals surface area contributed by atoms with Gasteiger partial charge in [-0.2, -0.15) is 0 Å². The first-order chi connectivity index (χ1) is 7.97. The number of phenolic OH excluding ortho intramolecular Hbond substituents is 1. The molecule has 1 aromatic rings. The van der Waals surface area contributed by atoms with E-state index in [2.05, 4.69) is 0 Å². The van der Waals surface area contributed by atoms with E-state index < -0.39 is 11.7 Å². The molecule has 0 bridgehead atoms. The standard InChI is InChI=1S/C12H17FN2O2/c1-8(5-6-14)15(2)12(17)10-4-3-9(16)7-11(10)13/h3-4,7-8,16H,5-6,14H2,1-2H3. The van der Waals surface area contributed by atoms with E-state index >= 15 is 0 Å². The van der Waals surface area contributed by atoms with E-state index in [-0.39, 0.29) is 17.4 Å². The first-order valence-corrected chi connectivity index (χ1v) is 5.43. The van der Waals surface area contributed by atoms with Crippen molar-refractivity contribution < 1.29 is 14.3 Å². The molecule has 1 aromatic carbocycles. The van der Waals surface area contributed by atoms with E-state index in [1.54, 1.807) is 7.05 Å². The van der Waals surface area contributed by atoms with Crippen LogP contribution in [0.4, 0.5) is 4.39 Å². The highest BCUT2D eigenvalue weighted by Gasteiger charge is 2.20. The number of hydrogen-bond acceptors (Lipinski definition) is 3. The van der Waals surface area contributed by atoms with Crippen molar-refractivity contribution in [1.82, 2.24) is 4.90 Å². The molecule has 0 heterocycles. The van der Waals surface area contributed by atoms with Crippen LogP contribution in [0.1, 0.15) is 23.7 Å². The minimum Gasteiger partial charge on any atom is -0.508 e. The number of amides is 1. The average molecular weight is 240 g/mol. The van der Waals surface area contributed by atoms with Gasteiger partial charge in [-0.05, 0) is 32.0 Å². The smallest absolute Gasteiger partial charge is 0.256 e. The van der Waals surface area contributed by atoms with Crippen molar-refractivity contribution in [3.05, 3.63) is 29.6 Å². The van der Waals surface area contributed by atoms with Crippen LogP contribution in [0.25, 0.3) is 0 Å². The lowest BCUT2D eigenvalue weighted by Crippen LogP contribution is -2.36. The molecule has 1 atom stereocenters. The SMILES string of the molecule is CC(CCN)N(C)C(=O)c1ccc(O)cc1F. The predicted octanol–water partition coefficient (Wildman–Crippen LogP) is 1.34. The zero-order valence-corrected chi connectivity index (χ0v) is 9.98. The second kappa shape index (κ2) is 5.63. The summed E-state index contributed by atoms with van der Waals surface area (Å²) in [5.74, 6) is -1.33. The van der Waals surface area contributed by atoms with E-state index in [0.29, 0.717) is 13.0 Å². The van der Waals surface area contributed by atoms with Crippen LogP contribution in [0.15, 0.2) is 18.2 Å². The Morgan fingerprint density at radius 2 is 2.24 bits per heavy atom. The number of carbonyl (C=O) groups is 1. The molecule has 1 unspecified atom stereocenters. The van der Waals surface area contributed by atoms with Gasteiger partial charge in [0.25, 0.3) is 5.91 Å². The van der Waals surface area contributed by atoms with Crippen molar-refractivity contribution in [3.63, 3.8) is 0 Å². The van der Waals surface area contributed by atoms with Crippen molar-refractivity contribution in [2.45, 2.75) is 19.4 Å². The van der Waals surface area contributed by atoms with Crippen LogP contribution < -0.4 is 5.73 Å². The van der Waals surface area contributed by atoms with Crippen LogP contribution >= 0.6 is 0 Å². The molecular formula is C12H17FN2O2. The quantitative estimate of drug-likeness (QED) is 0.834. The van der Waals surface area contributed by atoms with E-state index in [9.17, 15) is 9.18 Å². The third-order valence-corrected chi connectivity index (χ3v) is 2.75. The maximum atomic E-state index is 13.5. The van der Waals surface area contributed by atoms with E-state index in [0.717, 1.165) is 6.07 Å². The molecule has 94 valence electrons. The number of nitrogens with zero attached hydrogens (tertiary/aromatic N) is 1. The molecule has 0 fully saturated rings. The van der Waals surface area contributed by atoms with Gasteiger partial charge in [0.1, 0.15) is 11.6 Å². The minimum absolute atomic E-state index is 0.0471. The first-order valence-electron chi connectivity index (χ1n) is 5.43. The van der Waals surface area contributed by atoms with Crippen LogP contribution in [0.3, 0.4) is 0 Å². The summed E-state index contributed by atoms with van der Waals surface area (Å²) in [5.41, 5.74) is 5.36. The molecule has 1 rings (SSSR count). The largest absolute Gasteiger partial charge is 0.508 e. The predicted molar refractivity (Wildman–Crippen MR) is 63.3 cm³/mol. The molecule has 0 aliphatic rings. The Hall–Kier alpha value is -1.62. The van der Waals surface area contributed by atoms with Crippen molar-refractivity contribution >= 4 is 5.91 Å². The van der Waals surface area contributed by atoms with Gasteiger partial charge >= 0.3 is 0 Å². The normalized spacial score (nSPS) is 12.2.